The van der Waals surface area contributed by atoms with Gasteiger partial charge in [-0.25, -0.2) is 9.18 Å². The average Bonchev–Trinajstić information content (AvgIpc) is 2.41. The predicted octanol–water partition coefficient (Wildman–Crippen LogP) is 3.92. The van der Waals surface area contributed by atoms with Crippen molar-refractivity contribution in [1.82, 2.24) is 0 Å². The van der Waals surface area contributed by atoms with Crippen LogP contribution < -0.4 is 0 Å². The minimum atomic E-state index is -1.92. The molecule has 3 nitrogen and oxygen atoms in total. The van der Waals surface area contributed by atoms with Gasteiger partial charge in [0, 0.05) is 5.56 Å². The molecule has 0 saturated heterocycles. The van der Waals surface area contributed by atoms with Gasteiger partial charge in [-0.1, -0.05) is 35.3 Å². The third-order valence-corrected chi connectivity index (χ3v) is 3.52. The summed E-state index contributed by atoms with van der Waals surface area (Å²) in [6.07, 6.45) is -1.92. The summed E-state index contributed by atoms with van der Waals surface area (Å²) in [5.74, 6) is -2.31. The first-order chi connectivity index (χ1) is 9.40. The molecule has 2 rings (SSSR count). The lowest BCUT2D eigenvalue weighted by atomic mass is 10.00. The maximum Gasteiger partial charge on any atom is 0.337 e. The third-order valence-electron chi connectivity index (χ3n) is 2.78. The number of benzene rings is 2. The maximum absolute atomic E-state index is 13.6. The second-order valence-electron chi connectivity index (χ2n) is 4.11. The maximum atomic E-state index is 13.6. The zero-order valence-electron chi connectivity index (χ0n) is 9.98. The quantitative estimate of drug-likeness (QED) is 0.902. The van der Waals surface area contributed by atoms with Crippen molar-refractivity contribution < 1.29 is 19.4 Å². The van der Waals surface area contributed by atoms with Gasteiger partial charge in [0.05, 0.1) is 10.0 Å². The standard InChI is InChI=1S/C14H9Cl2FO3/c15-10-3-1-8(6-11(10)16)7-2-4-12(17)9(5-7)13(18)14(19)20/h1-6,13,18H,(H,19,20). The number of aliphatic carboxylic acids is 1. The van der Waals surface area contributed by atoms with Gasteiger partial charge in [0.2, 0.25) is 0 Å². The lowest BCUT2D eigenvalue weighted by Gasteiger charge is -2.10. The number of aliphatic hydroxyl groups is 1. The molecule has 0 saturated carbocycles. The lowest BCUT2D eigenvalue weighted by molar-refractivity contribution is -0.147. The second-order valence-corrected chi connectivity index (χ2v) is 4.92. The van der Waals surface area contributed by atoms with Gasteiger partial charge in [-0.2, -0.15) is 0 Å². The van der Waals surface area contributed by atoms with Crippen molar-refractivity contribution in [2.75, 3.05) is 0 Å². The van der Waals surface area contributed by atoms with Gasteiger partial charge >= 0.3 is 5.97 Å². The van der Waals surface area contributed by atoms with E-state index >= 15 is 0 Å². The largest absolute Gasteiger partial charge is 0.479 e. The fraction of sp³-hybridized carbons (Fsp3) is 0.0714. The van der Waals surface area contributed by atoms with Crippen LogP contribution in [0.5, 0.6) is 0 Å². The van der Waals surface area contributed by atoms with Gasteiger partial charge in [-0.15, -0.1) is 0 Å². The van der Waals surface area contributed by atoms with Crippen LogP contribution in [0.1, 0.15) is 11.7 Å². The molecule has 0 aliphatic heterocycles. The van der Waals surface area contributed by atoms with Crippen molar-refractivity contribution >= 4 is 29.2 Å². The van der Waals surface area contributed by atoms with Crippen molar-refractivity contribution in [2.24, 2.45) is 0 Å². The van der Waals surface area contributed by atoms with E-state index < -0.39 is 17.9 Å². The Morgan fingerprint density at radius 3 is 2.25 bits per heavy atom. The van der Waals surface area contributed by atoms with E-state index in [1.165, 1.54) is 12.1 Å². The minimum Gasteiger partial charge on any atom is -0.479 e. The summed E-state index contributed by atoms with van der Waals surface area (Å²) in [6.45, 7) is 0. The van der Waals surface area contributed by atoms with Crippen LogP contribution in [0.25, 0.3) is 11.1 Å². The minimum absolute atomic E-state index is 0.305. The van der Waals surface area contributed by atoms with Crippen LogP contribution in [-0.4, -0.2) is 16.2 Å². The molecule has 0 aromatic heterocycles. The first kappa shape index (κ1) is 14.8. The molecule has 1 unspecified atom stereocenters. The van der Waals surface area contributed by atoms with Crippen LogP contribution in [0.3, 0.4) is 0 Å². The summed E-state index contributed by atoms with van der Waals surface area (Å²) in [6, 6.07) is 8.66. The van der Waals surface area contributed by atoms with Gasteiger partial charge in [-0.3, -0.25) is 0 Å². The Labute approximate surface area is 124 Å². The van der Waals surface area contributed by atoms with Gasteiger partial charge in [0.1, 0.15) is 5.82 Å². The van der Waals surface area contributed by atoms with Crippen molar-refractivity contribution in [1.29, 1.82) is 0 Å². The molecule has 0 spiro atoms. The Morgan fingerprint density at radius 1 is 1.05 bits per heavy atom. The molecular weight excluding hydrogens is 306 g/mol. The summed E-state index contributed by atoms with van der Waals surface area (Å²) in [5, 5.41) is 18.9. The Balaban J connectivity index is 2.50. The number of hydrogen-bond donors (Lipinski definition) is 2. The average molecular weight is 315 g/mol. The molecule has 0 heterocycles. The fourth-order valence-corrected chi connectivity index (χ4v) is 2.04. The van der Waals surface area contributed by atoms with Crippen molar-refractivity contribution in [2.45, 2.75) is 6.10 Å². The monoisotopic (exact) mass is 314 g/mol. The van der Waals surface area contributed by atoms with E-state index in [0.29, 0.717) is 21.2 Å². The summed E-state index contributed by atoms with van der Waals surface area (Å²) < 4.78 is 13.6. The molecule has 0 aliphatic carbocycles. The molecule has 1 atom stereocenters. The Morgan fingerprint density at radius 2 is 1.65 bits per heavy atom. The number of rotatable bonds is 3. The number of aliphatic hydroxyl groups excluding tert-OH is 1. The highest BCUT2D eigenvalue weighted by atomic mass is 35.5. The van der Waals surface area contributed by atoms with Crippen molar-refractivity contribution in [3.63, 3.8) is 0 Å². The van der Waals surface area contributed by atoms with E-state index in [1.807, 2.05) is 0 Å². The van der Waals surface area contributed by atoms with Crippen LogP contribution in [0, 0.1) is 5.82 Å². The highest BCUT2D eigenvalue weighted by Crippen LogP contribution is 2.30. The molecule has 2 aromatic rings. The first-order valence-corrected chi connectivity index (χ1v) is 6.31. The highest BCUT2D eigenvalue weighted by molar-refractivity contribution is 6.42. The van der Waals surface area contributed by atoms with Crippen LogP contribution >= 0.6 is 23.2 Å². The van der Waals surface area contributed by atoms with E-state index in [0.717, 1.165) is 6.07 Å². The summed E-state index contributed by atoms with van der Waals surface area (Å²) >= 11 is 11.7. The molecule has 2 aromatic carbocycles. The molecule has 2 N–H and O–H groups in total. The third kappa shape index (κ3) is 2.93. The summed E-state index contributed by atoms with van der Waals surface area (Å²) in [4.78, 5) is 10.7. The van der Waals surface area contributed by atoms with Crippen LogP contribution in [0.4, 0.5) is 4.39 Å². The van der Waals surface area contributed by atoms with Gasteiger partial charge in [0.25, 0.3) is 0 Å². The molecule has 0 aliphatic rings. The molecule has 20 heavy (non-hydrogen) atoms. The summed E-state index contributed by atoms with van der Waals surface area (Å²) in [7, 11) is 0. The van der Waals surface area contributed by atoms with Gasteiger partial charge in [-0.05, 0) is 35.4 Å². The zero-order chi connectivity index (χ0) is 14.9. The van der Waals surface area contributed by atoms with E-state index in [1.54, 1.807) is 18.2 Å². The van der Waals surface area contributed by atoms with Crippen LogP contribution in [0.15, 0.2) is 36.4 Å². The van der Waals surface area contributed by atoms with E-state index in [9.17, 15) is 14.3 Å². The molecule has 0 radical (unpaired) electrons. The number of carbonyl (C=O) groups is 1. The Kier molecular flexibility index (Phi) is 4.28. The van der Waals surface area contributed by atoms with Crippen LogP contribution in [-0.2, 0) is 4.79 Å². The number of carboxylic acids is 1. The molecular formula is C14H9Cl2FO3. The first-order valence-electron chi connectivity index (χ1n) is 5.56. The second kappa shape index (κ2) is 5.79. The molecule has 0 amide bonds. The van der Waals surface area contributed by atoms with E-state index in [4.69, 9.17) is 28.3 Å². The molecule has 0 fully saturated rings. The number of carboxylic acid groups (broad SMARTS) is 1. The van der Waals surface area contributed by atoms with Crippen LogP contribution in [0.2, 0.25) is 10.0 Å². The molecule has 0 bridgehead atoms. The lowest BCUT2D eigenvalue weighted by Crippen LogP contribution is -2.12. The topological polar surface area (TPSA) is 57.5 Å². The normalized spacial score (nSPS) is 12.2. The number of hydrogen-bond acceptors (Lipinski definition) is 2. The number of halogens is 3. The fourth-order valence-electron chi connectivity index (χ4n) is 1.74. The van der Waals surface area contributed by atoms with Gasteiger partial charge in [0.15, 0.2) is 6.10 Å². The van der Waals surface area contributed by atoms with Gasteiger partial charge < -0.3 is 10.2 Å². The smallest absolute Gasteiger partial charge is 0.337 e. The highest BCUT2D eigenvalue weighted by Gasteiger charge is 2.20. The zero-order valence-corrected chi connectivity index (χ0v) is 11.5. The van der Waals surface area contributed by atoms with Crippen molar-refractivity contribution in [3.05, 3.63) is 57.8 Å². The SMILES string of the molecule is O=C(O)C(O)c1cc(-c2ccc(Cl)c(Cl)c2)ccc1F. The van der Waals surface area contributed by atoms with E-state index in [2.05, 4.69) is 0 Å². The summed E-state index contributed by atoms with van der Waals surface area (Å²) in [5.41, 5.74) is 0.861. The van der Waals surface area contributed by atoms with Crippen molar-refractivity contribution in [3.8, 4) is 11.1 Å². The Bertz CT molecular complexity index is 673. The Hall–Kier alpha value is -1.62. The molecule has 6 heteroatoms. The van der Waals surface area contributed by atoms with E-state index in [-0.39, 0.29) is 5.56 Å². The molecule has 104 valence electrons. The predicted molar refractivity (Wildman–Crippen MR) is 74.5 cm³/mol.